The van der Waals surface area contributed by atoms with Crippen LogP contribution in [0.2, 0.25) is 0 Å². The quantitative estimate of drug-likeness (QED) is 0.493. The molecule has 5 rings (SSSR count). The van der Waals surface area contributed by atoms with Gasteiger partial charge in [0.1, 0.15) is 5.82 Å². The van der Waals surface area contributed by atoms with E-state index in [0.29, 0.717) is 23.9 Å². The molecule has 148 valence electrons. The molecule has 2 aromatic carbocycles. The van der Waals surface area contributed by atoms with Gasteiger partial charge >= 0.3 is 0 Å². The maximum Gasteiger partial charge on any atom is 0.272 e. The third-order valence-corrected chi connectivity index (χ3v) is 5.71. The number of fused-ring (bicyclic) bond motifs is 1. The average molecular weight is 461 g/mol. The molecule has 1 atom stereocenters. The van der Waals surface area contributed by atoms with Crippen LogP contribution in [0, 0.1) is 6.92 Å². The topological polar surface area (TPSA) is 85.6 Å². The van der Waals surface area contributed by atoms with Gasteiger partial charge in [0, 0.05) is 27.9 Å². The molecule has 0 saturated heterocycles. The molecule has 4 aromatic rings. The minimum absolute atomic E-state index is 0.0660. The third-order valence-electron chi connectivity index (χ3n) is 5.18. The lowest BCUT2D eigenvalue weighted by atomic mass is 9.86. The first-order valence-electron chi connectivity index (χ1n) is 9.50. The van der Waals surface area contributed by atoms with Crippen LogP contribution in [0.4, 0.5) is 5.82 Å². The molecular formula is C22H17BrN6O. The van der Waals surface area contributed by atoms with Crippen molar-refractivity contribution >= 4 is 27.7 Å². The van der Waals surface area contributed by atoms with Crippen LogP contribution in [-0.4, -0.2) is 30.9 Å². The highest BCUT2D eigenvalue weighted by atomic mass is 79.9. The SMILES string of the molecule is Cc1nn(-c2nncc(-c3ccccc3)n2)c2c1[C@H](c1ccc(Br)cc1)CC(=O)N2. The molecule has 1 aliphatic heterocycles. The van der Waals surface area contributed by atoms with Gasteiger partial charge in [0.2, 0.25) is 5.91 Å². The fraction of sp³-hybridized carbons (Fsp3) is 0.136. The maximum atomic E-state index is 12.5. The average Bonchev–Trinajstić information content (AvgIpc) is 3.11. The number of hydrogen-bond acceptors (Lipinski definition) is 5. The van der Waals surface area contributed by atoms with Gasteiger partial charge in [-0.25, -0.2) is 4.98 Å². The Kier molecular flexibility index (Phi) is 4.63. The largest absolute Gasteiger partial charge is 0.310 e. The minimum atomic E-state index is -0.0825. The van der Waals surface area contributed by atoms with E-state index in [1.165, 1.54) is 0 Å². The van der Waals surface area contributed by atoms with Crippen molar-refractivity contribution in [1.82, 2.24) is 25.0 Å². The van der Waals surface area contributed by atoms with E-state index in [0.717, 1.165) is 26.9 Å². The van der Waals surface area contributed by atoms with Crippen molar-refractivity contribution in [3.05, 3.63) is 82.1 Å². The van der Waals surface area contributed by atoms with Crippen molar-refractivity contribution in [2.75, 3.05) is 5.32 Å². The van der Waals surface area contributed by atoms with Crippen LogP contribution in [0.1, 0.15) is 29.2 Å². The summed E-state index contributed by atoms with van der Waals surface area (Å²) in [6.45, 7) is 1.94. The summed E-state index contributed by atoms with van der Waals surface area (Å²) in [4.78, 5) is 17.2. The van der Waals surface area contributed by atoms with Crippen LogP contribution in [0.15, 0.2) is 65.3 Å². The van der Waals surface area contributed by atoms with Gasteiger partial charge in [-0.2, -0.15) is 14.9 Å². The smallest absolute Gasteiger partial charge is 0.272 e. The molecule has 0 unspecified atom stereocenters. The molecular weight excluding hydrogens is 444 g/mol. The number of nitrogens with one attached hydrogen (secondary N) is 1. The summed E-state index contributed by atoms with van der Waals surface area (Å²) in [5, 5.41) is 15.9. The third kappa shape index (κ3) is 3.29. The van der Waals surface area contributed by atoms with Gasteiger partial charge in [-0.3, -0.25) is 4.79 Å². The molecule has 0 aliphatic carbocycles. The monoisotopic (exact) mass is 460 g/mol. The lowest BCUT2D eigenvalue weighted by molar-refractivity contribution is -0.116. The second-order valence-corrected chi connectivity index (χ2v) is 8.04. The van der Waals surface area contributed by atoms with Crippen molar-refractivity contribution < 1.29 is 4.79 Å². The number of halogens is 1. The Labute approximate surface area is 181 Å². The molecule has 2 aromatic heterocycles. The summed E-state index contributed by atoms with van der Waals surface area (Å²) in [6.07, 6.45) is 1.98. The van der Waals surface area contributed by atoms with Gasteiger partial charge in [0.05, 0.1) is 17.6 Å². The van der Waals surface area contributed by atoms with Crippen LogP contribution < -0.4 is 5.32 Å². The molecule has 0 bridgehead atoms. The van der Waals surface area contributed by atoms with E-state index >= 15 is 0 Å². The Morgan fingerprint density at radius 1 is 1.10 bits per heavy atom. The number of aryl methyl sites for hydroxylation is 1. The van der Waals surface area contributed by atoms with Gasteiger partial charge in [-0.15, -0.1) is 5.10 Å². The molecule has 1 amide bonds. The van der Waals surface area contributed by atoms with E-state index in [1.54, 1.807) is 10.9 Å². The van der Waals surface area contributed by atoms with Crippen molar-refractivity contribution in [3.63, 3.8) is 0 Å². The predicted molar refractivity (Wildman–Crippen MR) is 116 cm³/mol. The summed E-state index contributed by atoms with van der Waals surface area (Å²) in [7, 11) is 0. The normalized spacial score (nSPS) is 15.5. The first kappa shape index (κ1) is 18.6. The summed E-state index contributed by atoms with van der Waals surface area (Å²) in [5.74, 6) is 0.769. The highest BCUT2D eigenvalue weighted by molar-refractivity contribution is 9.10. The first-order chi connectivity index (χ1) is 14.6. The lowest BCUT2D eigenvalue weighted by Gasteiger charge is -2.24. The fourth-order valence-electron chi connectivity index (χ4n) is 3.80. The zero-order valence-corrected chi connectivity index (χ0v) is 17.7. The molecule has 0 spiro atoms. The van der Waals surface area contributed by atoms with Crippen molar-refractivity contribution in [2.24, 2.45) is 0 Å². The molecule has 0 fully saturated rings. The van der Waals surface area contributed by atoms with Crippen LogP contribution in [0.3, 0.4) is 0 Å². The van der Waals surface area contributed by atoms with Crippen molar-refractivity contribution in [1.29, 1.82) is 0 Å². The van der Waals surface area contributed by atoms with Crippen LogP contribution in [-0.2, 0) is 4.79 Å². The van der Waals surface area contributed by atoms with E-state index < -0.39 is 0 Å². The molecule has 1 aliphatic rings. The Bertz CT molecular complexity index is 1240. The Balaban J connectivity index is 1.62. The predicted octanol–water partition coefficient (Wildman–Crippen LogP) is 4.27. The number of aromatic nitrogens is 5. The standard InChI is InChI=1S/C22H17BrN6O/c1-13-20-17(14-7-9-16(23)10-8-14)11-19(30)26-21(20)29(28-13)22-25-18(12-24-27-22)15-5-3-2-4-6-15/h2-10,12,17H,11H2,1H3,(H,26,30)/t17-/m0/s1. The van der Waals surface area contributed by atoms with Gasteiger partial charge in [-0.1, -0.05) is 58.4 Å². The second-order valence-electron chi connectivity index (χ2n) is 7.12. The van der Waals surface area contributed by atoms with E-state index in [-0.39, 0.29) is 11.8 Å². The number of rotatable bonds is 3. The Morgan fingerprint density at radius 3 is 2.63 bits per heavy atom. The van der Waals surface area contributed by atoms with E-state index in [4.69, 9.17) is 0 Å². The molecule has 0 saturated carbocycles. The zero-order chi connectivity index (χ0) is 20.7. The van der Waals surface area contributed by atoms with Crippen LogP contribution >= 0.6 is 15.9 Å². The molecule has 7 nitrogen and oxygen atoms in total. The molecule has 30 heavy (non-hydrogen) atoms. The summed E-state index contributed by atoms with van der Waals surface area (Å²) in [5.41, 5.74) is 4.49. The molecule has 1 N–H and O–H groups in total. The van der Waals surface area contributed by atoms with Crippen molar-refractivity contribution in [3.8, 4) is 17.2 Å². The molecule has 3 heterocycles. The number of nitrogens with zero attached hydrogens (tertiary/aromatic N) is 5. The van der Waals surface area contributed by atoms with Gasteiger partial charge in [-0.05, 0) is 24.6 Å². The van der Waals surface area contributed by atoms with Crippen LogP contribution in [0.5, 0.6) is 0 Å². The summed E-state index contributed by atoms with van der Waals surface area (Å²) < 4.78 is 2.57. The van der Waals surface area contributed by atoms with Gasteiger partial charge in [0.25, 0.3) is 5.95 Å². The molecule has 8 heteroatoms. The number of anilines is 1. The molecule has 0 radical (unpaired) electrons. The highest BCUT2D eigenvalue weighted by Gasteiger charge is 2.33. The van der Waals surface area contributed by atoms with Gasteiger partial charge < -0.3 is 5.32 Å². The zero-order valence-electron chi connectivity index (χ0n) is 16.1. The second kappa shape index (κ2) is 7.46. The van der Waals surface area contributed by atoms with E-state index in [9.17, 15) is 4.79 Å². The maximum absolute atomic E-state index is 12.5. The number of carbonyl (C=O) groups excluding carboxylic acids is 1. The Morgan fingerprint density at radius 2 is 1.87 bits per heavy atom. The number of hydrogen-bond donors (Lipinski definition) is 1. The minimum Gasteiger partial charge on any atom is -0.310 e. The van der Waals surface area contributed by atoms with Crippen LogP contribution in [0.25, 0.3) is 17.2 Å². The first-order valence-corrected chi connectivity index (χ1v) is 10.3. The number of amides is 1. The summed E-state index contributed by atoms with van der Waals surface area (Å²) in [6, 6.07) is 17.8. The van der Waals surface area contributed by atoms with Crippen molar-refractivity contribution in [2.45, 2.75) is 19.3 Å². The highest BCUT2D eigenvalue weighted by Crippen LogP contribution is 2.40. The Hall–Kier alpha value is -3.39. The van der Waals surface area contributed by atoms with E-state index in [1.807, 2.05) is 61.5 Å². The summed E-state index contributed by atoms with van der Waals surface area (Å²) >= 11 is 3.47. The fourth-order valence-corrected chi connectivity index (χ4v) is 4.07. The van der Waals surface area contributed by atoms with Gasteiger partial charge in [0.15, 0.2) is 0 Å². The lowest BCUT2D eigenvalue weighted by Crippen LogP contribution is -2.25. The number of benzene rings is 2. The van der Waals surface area contributed by atoms with E-state index in [2.05, 4.69) is 41.5 Å². The number of carbonyl (C=O) groups is 1.